The number of fused-ring (bicyclic) bond motifs is 1. The number of nitrogens with zero attached hydrogens (tertiary/aromatic N) is 2. The lowest BCUT2D eigenvalue weighted by atomic mass is 10.1. The molecule has 164 valence electrons. The van der Waals surface area contributed by atoms with E-state index in [4.69, 9.17) is 9.15 Å². The van der Waals surface area contributed by atoms with Gasteiger partial charge in [-0.05, 0) is 76.1 Å². The van der Waals surface area contributed by atoms with E-state index in [1.165, 1.54) is 16.8 Å². The monoisotopic (exact) mass is 429 g/mol. The number of hydrazone groups is 1. The van der Waals surface area contributed by atoms with Gasteiger partial charge in [0.2, 0.25) is 0 Å². The number of hydrogen-bond acceptors (Lipinski definition) is 4. The number of nitrogens with one attached hydrogen (secondary N) is 1. The van der Waals surface area contributed by atoms with Crippen molar-refractivity contribution in [1.82, 2.24) is 9.99 Å². The van der Waals surface area contributed by atoms with Gasteiger partial charge in [0.1, 0.15) is 11.3 Å². The second-order valence-electron chi connectivity index (χ2n) is 7.84. The van der Waals surface area contributed by atoms with E-state index in [9.17, 15) is 4.79 Å². The highest BCUT2D eigenvalue weighted by Crippen LogP contribution is 2.26. The van der Waals surface area contributed by atoms with Crippen LogP contribution in [0, 0.1) is 27.7 Å². The maximum atomic E-state index is 12.5. The molecule has 0 unspecified atom stereocenters. The van der Waals surface area contributed by atoms with E-state index in [1.54, 1.807) is 18.3 Å². The Morgan fingerprint density at radius 2 is 1.84 bits per heavy atom. The number of para-hydroxylation sites is 1. The Kier molecular flexibility index (Phi) is 5.86. The molecule has 0 saturated carbocycles. The van der Waals surface area contributed by atoms with Gasteiger partial charge in [0.05, 0.1) is 18.5 Å². The first-order valence-electron chi connectivity index (χ1n) is 10.6. The molecule has 0 radical (unpaired) electrons. The van der Waals surface area contributed by atoms with Crippen LogP contribution in [0.3, 0.4) is 0 Å². The lowest BCUT2D eigenvalue weighted by molar-refractivity contribution is 0.0929. The van der Waals surface area contributed by atoms with E-state index >= 15 is 0 Å². The molecule has 0 aliphatic rings. The minimum atomic E-state index is -0.404. The molecule has 4 aromatic rings. The van der Waals surface area contributed by atoms with Gasteiger partial charge in [-0.2, -0.15) is 5.10 Å². The lowest BCUT2D eigenvalue weighted by Crippen LogP contribution is -2.16. The average molecular weight is 430 g/mol. The van der Waals surface area contributed by atoms with E-state index in [2.05, 4.69) is 67.1 Å². The molecule has 0 atom stereocenters. The number of hydrogen-bond donors (Lipinski definition) is 1. The van der Waals surface area contributed by atoms with Crippen LogP contribution in [0.2, 0.25) is 0 Å². The van der Waals surface area contributed by atoms with Crippen LogP contribution >= 0.6 is 0 Å². The minimum Gasteiger partial charge on any atom is -0.494 e. The first-order valence-corrected chi connectivity index (χ1v) is 10.6. The van der Waals surface area contributed by atoms with Crippen molar-refractivity contribution in [1.29, 1.82) is 0 Å². The molecule has 6 heteroatoms. The quantitative estimate of drug-likeness (QED) is 0.319. The normalized spacial score (nSPS) is 11.4. The molecule has 0 spiro atoms. The highest BCUT2D eigenvalue weighted by molar-refractivity contribution is 5.97. The zero-order chi connectivity index (χ0) is 22.8. The fourth-order valence-corrected chi connectivity index (χ4v) is 4.03. The Labute approximate surface area is 187 Å². The van der Waals surface area contributed by atoms with Gasteiger partial charge in [-0.25, -0.2) is 5.43 Å². The Hall–Kier alpha value is -3.80. The Morgan fingerprint density at radius 3 is 2.56 bits per heavy atom. The van der Waals surface area contributed by atoms with E-state index in [0.29, 0.717) is 12.2 Å². The van der Waals surface area contributed by atoms with Crippen molar-refractivity contribution in [3.63, 3.8) is 0 Å². The molecule has 0 saturated heterocycles. The van der Waals surface area contributed by atoms with Crippen LogP contribution in [-0.2, 0) is 0 Å². The van der Waals surface area contributed by atoms with Crippen molar-refractivity contribution in [2.45, 2.75) is 34.6 Å². The third kappa shape index (κ3) is 4.04. The predicted octanol–water partition coefficient (Wildman–Crippen LogP) is 5.62. The molecular weight excluding hydrogens is 402 g/mol. The average Bonchev–Trinajstić information content (AvgIpc) is 3.30. The lowest BCUT2D eigenvalue weighted by Gasteiger charge is -2.15. The van der Waals surface area contributed by atoms with Crippen LogP contribution in [0.25, 0.3) is 16.7 Å². The third-order valence-corrected chi connectivity index (χ3v) is 5.53. The van der Waals surface area contributed by atoms with Crippen molar-refractivity contribution < 1.29 is 13.9 Å². The van der Waals surface area contributed by atoms with E-state index < -0.39 is 5.91 Å². The maximum absolute atomic E-state index is 12.5. The fraction of sp³-hybridized carbons (Fsp3) is 0.231. The van der Waals surface area contributed by atoms with Crippen LogP contribution < -0.4 is 10.2 Å². The fourth-order valence-electron chi connectivity index (χ4n) is 4.03. The van der Waals surface area contributed by atoms with Gasteiger partial charge in [0, 0.05) is 22.3 Å². The van der Waals surface area contributed by atoms with Crippen molar-refractivity contribution in [3.05, 3.63) is 82.4 Å². The number of carbonyl (C=O) groups is 1. The summed E-state index contributed by atoms with van der Waals surface area (Å²) >= 11 is 0. The van der Waals surface area contributed by atoms with Gasteiger partial charge in [0.15, 0.2) is 5.76 Å². The number of aromatic nitrogens is 1. The van der Waals surface area contributed by atoms with Crippen LogP contribution in [0.5, 0.6) is 5.75 Å². The van der Waals surface area contributed by atoms with Crippen LogP contribution in [0.15, 0.2) is 58.0 Å². The maximum Gasteiger partial charge on any atom is 0.307 e. The summed E-state index contributed by atoms with van der Waals surface area (Å²) in [5.41, 5.74) is 9.89. The smallest absolute Gasteiger partial charge is 0.307 e. The van der Waals surface area contributed by atoms with Crippen molar-refractivity contribution in [2.24, 2.45) is 5.10 Å². The Balaban J connectivity index is 1.53. The first-order chi connectivity index (χ1) is 15.4. The molecule has 2 aromatic heterocycles. The van der Waals surface area contributed by atoms with Crippen LogP contribution in [0.4, 0.5) is 0 Å². The molecule has 6 nitrogen and oxygen atoms in total. The van der Waals surface area contributed by atoms with Gasteiger partial charge < -0.3 is 13.7 Å². The second-order valence-corrected chi connectivity index (χ2v) is 7.84. The molecule has 1 amide bonds. The molecule has 2 aromatic carbocycles. The molecule has 32 heavy (non-hydrogen) atoms. The van der Waals surface area contributed by atoms with Gasteiger partial charge in [-0.1, -0.05) is 18.2 Å². The van der Waals surface area contributed by atoms with Crippen LogP contribution in [-0.4, -0.2) is 23.3 Å². The number of aryl methyl sites for hydroxylation is 3. The number of benzene rings is 2. The predicted molar refractivity (Wildman–Crippen MR) is 127 cm³/mol. The molecule has 0 bridgehead atoms. The summed E-state index contributed by atoms with van der Waals surface area (Å²) in [4.78, 5) is 12.5. The number of ether oxygens (including phenoxy) is 1. The topological polar surface area (TPSA) is 68.8 Å². The molecule has 0 aliphatic carbocycles. The second kappa shape index (κ2) is 8.75. The van der Waals surface area contributed by atoms with Gasteiger partial charge in [0.25, 0.3) is 0 Å². The Morgan fingerprint density at radius 1 is 1.09 bits per heavy atom. The summed E-state index contributed by atoms with van der Waals surface area (Å²) in [6, 6.07) is 15.5. The van der Waals surface area contributed by atoms with E-state index in [0.717, 1.165) is 28.1 Å². The third-order valence-electron chi connectivity index (χ3n) is 5.53. The largest absolute Gasteiger partial charge is 0.494 e. The summed E-state index contributed by atoms with van der Waals surface area (Å²) in [7, 11) is 0. The molecule has 2 heterocycles. The number of amides is 1. The summed E-state index contributed by atoms with van der Waals surface area (Å²) in [6.07, 6.45) is 1.67. The highest BCUT2D eigenvalue weighted by atomic mass is 16.5. The van der Waals surface area contributed by atoms with Crippen molar-refractivity contribution in [3.8, 4) is 11.4 Å². The molecular formula is C26H27N3O3. The summed E-state index contributed by atoms with van der Waals surface area (Å²) in [5.74, 6) is 0.538. The Bertz CT molecular complexity index is 1310. The van der Waals surface area contributed by atoms with E-state index in [1.807, 2.05) is 19.1 Å². The standard InChI is InChI=1S/C26H27N3O3/c1-6-31-22-10-11-23-20(13-22)14-24(32-23)26(30)28-27-15-21-12-18(4)29(19(21)5)25-16(2)8-7-9-17(25)3/h7-15H,6H2,1-5H3,(H,28,30)/b27-15+. The zero-order valence-electron chi connectivity index (χ0n) is 19.0. The zero-order valence-corrected chi connectivity index (χ0v) is 19.0. The SMILES string of the molecule is CCOc1ccc2oc(C(=O)N/N=C/c3cc(C)n(-c4c(C)cccc4C)c3C)cc2c1. The molecule has 1 N–H and O–H groups in total. The van der Waals surface area contributed by atoms with Crippen molar-refractivity contribution >= 4 is 23.1 Å². The number of carbonyl (C=O) groups excluding carboxylic acids is 1. The highest BCUT2D eigenvalue weighted by Gasteiger charge is 2.14. The first kappa shape index (κ1) is 21.4. The van der Waals surface area contributed by atoms with Gasteiger partial charge in [-0.15, -0.1) is 0 Å². The number of furan rings is 1. The molecule has 4 rings (SSSR count). The van der Waals surface area contributed by atoms with Gasteiger partial charge in [-0.3, -0.25) is 4.79 Å². The minimum absolute atomic E-state index is 0.201. The summed E-state index contributed by atoms with van der Waals surface area (Å²) < 4.78 is 13.4. The summed E-state index contributed by atoms with van der Waals surface area (Å²) in [6.45, 7) is 10.8. The number of rotatable bonds is 6. The molecule has 0 aliphatic heterocycles. The van der Waals surface area contributed by atoms with Crippen molar-refractivity contribution in [2.75, 3.05) is 6.61 Å². The van der Waals surface area contributed by atoms with Crippen LogP contribution in [0.1, 0.15) is 45.6 Å². The molecule has 0 fully saturated rings. The summed E-state index contributed by atoms with van der Waals surface area (Å²) in [5, 5.41) is 4.97. The van der Waals surface area contributed by atoms with E-state index in [-0.39, 0.29) is 5.76 Å². The van der Waals surface area contributed by atoms with Gasteiger partial charge >= 0.3 is 5.91 Å².